The number of rotatable bonds is 5. The monoisotopic (exact) mass is 821 g/mol. The first-order valence-corrected chi connectivity index (χ1v) is 22.3. The highest BCUT2D eigenvalue weighted by Crippen LogP contribution is 2.60. The standard InChI is InChI=1S/C57H63N3O2/c1-33-22-36(4)51(37(5)23-33)38-26-39(52-59-56(15)47-25-35(3)34(2)24-40(47)32-57(56,62-52)55(12,13)14)28-44(27-38)61-43-17-18-45-46-29-41(53(6,7)8)16-19-48(46)60(49(45)31-43)50-30-42(20-21-58-50)54(9,10)11/h16-31H,32H2,1-15H3/t56-,57-/m1/s1. The minimum Gasteiger partial charge on any atom is -0.467 e. The highest BCUT2D eigenvalue weighted by atomic mass is 16.5. The van der Waals surface area contributed by atoms with E-state index in [0.717, 1.165) is 51.3 Å². The summed E-state index contributed by atoms with van der Waals surface area (Å²) in [6, 6.07) is 33.5. The second kappa shape index (κ2) is 13.9. The number of fused-ring (bicyclic) bond motifs is 6. The molecule has 5 aromatic carbocycles. The van der Waals surface area contributed by atoms with Crippen LogP contribution >= 0.6 is 0 Å². The summed E-state index contributed by atoms with van der Waals surface area (Å²) in [7, 11) is 0. The van der Waals surface area contributed by atoms with Gasteiger partial charge in [0.1, 0.15) is 28.5 Å². The fourth-order valence-corrected chi connectivity index (χ4v) is 10.6. The summed E-state index contributed by atoms with van der Waals surface area (Å²) in [5.41, 5.74) is 15.4. The topological polar surface area (TPSA) is 48.6 Å². The van der Waals surface area contributed by atoms with E-state index in [2.05, 4.69) is 199 Å². The molecule has 3 heterocycles. The van der Waals surface area contributed by atoms with E-state index >= 15 is 0 Å². The van der Waals surface area contributed by atoms with Crippen LogP contribution in [-0.2, 0) is 27.5 Å². The third-order valence-corrected chi connectivity index (χ3v) is 14.1. The Hall–Kier alpha value is -5.68. The molecule has 0 amide bonds. The molecule has 1 aliphatic carbocycles. The van der Waals surface area contributed by atoms with E-state index in [-0.39, 0.29) is 16.2 Å². The van der Waals surface area contributed by atoms with Gasteiger partial charge in [0.05, 0.1) is 11.0 Å². The van der Waals surface area contributed by atoms with Crippen molar-refractivity contribution in [3.05, 3.63) is 153 Å². The van der Waals surface area contributed by atoms with E-state index in [0.29, 0.717) is 5.90 Å². The van der Waals surface area contributed by atoms with Crippen molar-refractivity contribution in [2.45, 2.75) is 132 Å². The van der Waals surface area contributed by atoms with Gasteiger partial charge in [-0.15, -0.1) is 0 Å². The van der Waals surface area contributed by atoms with Crippen LogP contribution in [0.3, 0.4) is 0 Å². The van der Waals surface area contributed by atoms with Gasteiger partial charge in [-0.25, -0.2) is 9.98 Å². The predicted molar refractivity (Wildman–Crippen MR) is 259 cm³/mol. The highest BCUT2D eigenvalue weighted by molar-refractivity contribution is 6.10. The molecule has 62 heavy (non-hydrogen) atoms. The maximum Gasteiger partial charge on any atom is 0.217 e. The van der Waals surface area contributed by atoms with Crippen LogP contribution in [0.4, 0.5) is 0 Å². The van der Waals surface area contributed by atoms with E-state index in [9.17, 15) is 0 Å². The quantitative estimate of drug-likeness (QED) is 0.174. The molecule has 0 unspecified atom stereocenters. The Kier molecular flexibility index (Phi) is 9.35. The van der Waals surface area contributed by atoms with Crippen LogP contribution in [0.1, 0.15) is 125 Å². The van der Waals surface area contributed by atoms with Crippen LogP contribution in [0.25, 0.3) is 38.8 Å². The zero-order chi connectivity index (χ0) is 44.5. The summed E-state index contributed by atoms with van der Waals surface area (Å²) in [4.78, 5) is 10.6. The SMILES string of the molecule is Cc1cc(C)c(-c2cc(Oc3ccc4c5cc(C(C)(C)C)ccc5n(-c5cc(C(C)(C)C)ccn5)c4c3)cc(C3=N[C@]4(C)c5cc(C)c(C)cc5C[C@]4(C(C)(C)C)O3)c2)c(C)c1. The summed E-state index contributed by atoms with van der Waals surface area (Å²) >= 11 is 0. The maximum atomic E-state index is 7.37. The summed E-state index contributed by atoms with van der Waals surface area (Å²) in [5, 5.41) is 2.36. The average Bonchev–Trinajstić information content (AvgIpc) is 3.75. The van der Waals surface area contributed by atoms with E-state index in [1.807, 2.05) is 6.20 Å². The molecule has 2 aliphatic rings. The van der Waals surface area contributed by atoms with Crippen molar-refractivity contribution in [3.8, 4) is 28.4 Å². The highest BCUT2D eigenvalue weighted by Gasteiger charge is 2.66. The van der Waals surface area contributed by atoms with Gasteiger partial charge in [-0.05, 0) is 163 Å². The largest absolute Gasteiger partial charge is 0.467 e. The van der Waals surface area contributed by atoms with Crippen LogP contribution < -0.4 is 4.74 Å². The molecule has 1 aliphatic heterocycles. The number of aliphatic imine (C=N–C) groups is 1. The fourth-order valence-electron chi connectivity index (χ4n) is 10.6. The molecule has 0 saturated heterocycles. The summed E-state index contributed by atoms with van der Waals surface area (Å²) in [6.45, 7) is 33.7. The van der Waals surface area contributed by atoms with Crippen LogP contribution in [0.5, 0.6) is 11.5 Å². The van der Waals surface area contributed by atoms with Crippen molar-refractivity contribution in [1.29, 1.82) is 0 Å². The van der Waals surface area contributed by atoms with Gasteiger partial charge in [0, 0.05) is 40.4 Å². The second-order valence-corrected chi connectivity index (χ2v) is 21.7. The summed E-state index contributed by atoms with van der Waals surface area (Å²) < 4.78 is 16.7. The van der Waals surface area contributed by atoms with E-state index in [1.165, 1.54) is 61.0 Å². The number of aromatic nitrogens is 2. The lowest BCUT2D eigenvalue weighted by atomic mass is 9.66. The summed E-state index contributed by atoms with van der Waals surface area (Å²) in [5.74, 6) is 3.03. The number of benzene rings is 5. The van der Waals surface area contributed by atoms with Crippen LogP contribution in [0.2, 0.25) is 0 Å². The molecule has 2 atom stereocenters. The van der Waals surface area contributed by atoms with Crippen LogP contribution in [-0.4, -0.2) is 21.0 Å². The third kappa shape index (κ3) is 6.57. The normalized spacial score (nSPS) is 18.9. The molecular weight excluding hydrogens is 759 g/mol. The Labute approximate surface area is 369 Å². The van der Waals surface area contributed by atoms with Crippen molar-refractivity contribution in [2.24, 2.45) is 10.4 Å². The number of hydrogen-bond acceptors (Lipinski definition) is 4. The van der Waals surface area contributed by atoms with Gasteiger partial charge in [-0.3, -0.25) is 4.57 Å². The maximum absolute atomic E-state index is 7.37. The van der Waals surface area contributed by atoms with Gasteiger partial charge in [0.25, 0.3) is 0 Å². The van der Waals surface area contributed by atoms with Gasteiger partial charge in [-0.1, -0.05) is 98.2 Å². The molecule has 0 radical (unpaired) electrons. The predicted octanol–water partition coefficient (Wildman–Crippen LogP) is 14.8. The Bertz CT molecular complexity index is 2990. The lowest BCUT2D eigenvalue weighted by Gasteiger charge is -2.45. The van der Waals surface area contributed by atoms with Gasteiger partial charge in [-0.2, -0.15) is 0 Å². The summed E-state index contributed by atoms with van der Waals surface area (Å²) in [6.07, 6.45) is 2.74. The smallest absolute Gasteiger partial charge is 0.217 e. The zero-order valence-electron chi connectivity index (χ0n) is 39.6. The van der Waals surface area contributed by atoms with E-state index < -0.39 is 11.1 Å². The molecule has 0 spiro atoms. The number of ether oxygens (including phenoxy) is 2. The molecule has 7 aromatic rings. The number of aryl methyl sites for hydroxylation is 5. The number of pyridine rings is 1. The van der Waals surface area contributed by atoms with Crippen LogP contribution in [0, 0.1) is 40.0 Å². The van der Waals surface area contributed by atoms with Crippen molar-refractivity contribution in [2.75, 3.05) is 0 Å². The first kappa shape index (κ1) is 41.7. The van der Waals surface area contributed by atoms with Crippen molar-refractivity contribution >= 4 is 27.7 Å². The first-order chi connectivity index (χ1) is 29.0. The Morgan fingerprint density at radius 3 is 1.95 bits per heavy atom. The number of nitrogens with zero attached hydrogens (tertiary/aromatic N) is 3. The van der Waals surface area contributed by atoms with Crippen molar-refractivity contribution < 1.29 is 9.47 Å². The molecule has 0 bridgehead atoms. The van der Waals surface area contributed by atoms with Gasteiger partial charge >= 0.3 is 0 Å². The molecule has 0 saturated carbocycles. The molecule has 5 heteroatoms. The minimum absolute atomic E-state index is 0.00421. The third-order valence-electron chi connectivity index (χ3n) is 14.1. The molecule has 318 valence electrons. The van der Waals surface area contributed by atoms with E-state index in [1.54, 1.807) is 0 Å². The molecule has 2 aromatic heterocycles. The van der Waals surface area contributed by atoms with Crippen molar-refractivity contribution in [3.63, 3.8) is 0 Å². The molecular formula is C57H63N3O2. The average molecular weight is 822 g/mol. The van der Waals surface area contributed by atoms with Crippen LogP contribution in [0.15, 0.2) is 102 Å². The Morgan fingerprint density at radius 1 is 0.613 bits per heavy atom. The Balaban J connectivity index is 1.22. The molecule has 5 nitrogen and oxygen atoms in total. The first-order valence-electron chi connectivity index (χ1n) is 22.3. The Morgan fingerprint density at radius 2 is 1.27 bits per heavy atom. The van der Waals surface area contributed by atoms with Gasteiger partial charge < -0.3 is 9.47 Å². The number of hydrogen-bond donors (Lipinski definition) is 0. The van der Waals surface area contributed by atoms with Gasteiger partial charge in [0.15, 0.2) is 0 Å². The zero-order valence-corrected chi connectivity index (χ0v) is 39.6. The molecule has 9 rings (SSSR count). The van der Waals surface area contributed by atoms with E-state index in [4.69, 9.17) is 19.5 Å². The molecule has 0 fully saturated rings. The lowest BCUT2D eigenvalue weighted by molar-refractivity contribution is -0.0673. The fraction of sp³-hybridized carbons (Fsp3) is 0.368. The van der Waals surface area contributed by atoms with Gasteiger partial charge in [0.2, 0.25) is 5.90 Å². The second-order valence-electron chi connectivity index (χ2n) is 21.7. The van der Waals surface area contributed by atoms with Crippen molar-refractivity contribution in [1.82, 2.24) is 9.55 Å². The minimum atomic E-state index is -0.565. The molecule has 0 N–H and O–H groups in total. The lowest BCUT2D eigenvalue weighted by Crippen LogP contribution is -2.54.